The van der Waals surface area contributed by atoms with Crippen molar-refractivity contribution in [2.45, 2.75) is 0 Å². The first-order valence-electron chi connectivity index (χ1n) is 5.13. The molecule has 0 heterocycles. The fraction of sp³-hybridized carbons (Fsp3) is 0.154. The number of benzene rings is 2. The van der Waals surface area contributed by atoms with Crippen LogP contribution in [0.3, 0.4) is 0 Å². The van der Waals surface area contributed by atoms with E-state index in [1.807, 2.05) is 36.4 Å². The van der Waals surface area contributed by atoms with Gasteiger partial charge in [0.25, 0.3) is 4.82 Å². The van der Waals surface area contributed by atoms with Gasteiger partial charge in [-0.1, -0.05) is 12.1 Å². The summed E-state index contributed by atoms with van der Waals surface area (Å²) in [4.78, 5) is 12.6. The Balaban J connectivity index is 2.48. The normalized spacial score (nSPS) is 10.3. The molecule has 0 aliphatic carbocycles. The van der Waals surface area contributed by atoms with E-state index in [0.717, 1.165) is 22.2 Å². The second-order valence-corrected chi connectivity index (χ2v) is 4.39. The van der Waals surface area contributed by atoms with E-state index >= 15 is 0 Å². The number of rotatable bonds is 2. The Labute approximate surface area is 108 Å². The van der Waals surface area contributed by atoms with Crippen molar-refractivity contribution < 1.29 is 9.53 Å². The van der Waals surface area contributed by atoms with Crippen LogP contribution in [0.5, 0.6) is 5.75 Å². The molecule has 0 N–H and O–H groups in total. The molecule has 0 spiro atoms. The van der Waals surface area contributed by atoms with Gasteiger partial charge in [0.15, 0.2) is 0 Å². The summed E-state index contributed by atoms with van der Waals surface area (Å²) in [5.41, 5.74) is 0.851. The van der Waals surface area contributed by atoms with Crippen molar-refractivity contribution in [2.75, 3.05) is 19.1 Å². The number of anilines is 1. The fourth-order valence-corrected chi connectivity index (χ4v) is 1.85. The summed E-state index contributed by atoms with van der Waals surface area (Å²) in [7, 11) is 3.37. The molecular weight excluding hydrogens is 282 g/mol. The lowest BCUT2D eigenvalue weighted by atomic mass is 10.1. The van der Waals surface area contributed by atoms with E-state index in [0.29, 0.717) is 0 Å². The minimum absolute atomic E-state index is 0.162. The maximum absolute atomic E-state index is 11.2. The predicted molar refractivity (Wildman–Crippen MR) is 73.2 cm³/mol. The zero-order valence-electron chi connectivity index (χ0n) is 9.61. The first-order valence-corrected chi connectivity index (χ1v) is 5.92. The Morgan fingerprint density at radius 3 is 2.47 bits per heavy atom. The van der Waals surface area contributed by atoms with E-state index in [1.165, 1.54) is 0 Å². The maximum Gasteiger partial charge on any atom is 0.293 e. The summed E-state index contributed by atoms with van der Waals surface area (Å²) in [5.74, 6) is 0.829. The third kappa shape index (κ3) is 2.42. The number of carbonyl (C=O) groups excluding carboxylic acids is 1. The minimum atomic E-state index is -0.162. The highest BCUT2D eigenvalue weighted by atomic mass is 79.9. The quantitative estimate of drug-likeness (QED) is 0.623. The van der Waals surface area contributed by atoms with Gasteiger partial charge in [0.2, 0.25) is 0 Å². The smallest absolute Gasteiger partial charge is 0.293 e. The molecule has 1 amide bonds. The maximum atomic E-state index is 11.2. The lowest BCUT2D eigenvalue weighted by Crippen LogP contribution is -2.18. The summed E-state index contributed by atoms with van der Waals surface area (Å²) in [5, 5.41) is 2.16. The largest absolute Gasteiger partial charge is 0.497 e. The molecule has 0 unspecified atom stereocenters. The number of hydrogen-bond donors (Lipinski definition) is 0. The lowest BCUT2D eigenvalue weighted by Gasteiger charge is -2.14. The van der Waals surface area contributed by atoms with Gasteiger partial charge in [0, 0.05) is 28.7 Å². The highest BCUT2D eigenvalue weighted by Gasteiger charge is 2.07. The highest BCUT2D eigenvalue weighted by Crippen LogP contribution is 2.25. The van der Waals surface area contributed by atoms with E-state index in [1.54, 1.807) is 19.1 Å². The van der Waals surface area contributed by atoms with Crippen LogP contribution in [0.1, 0.15) is 0 Å². The molecule has 2 rings (SSSR count). The summed E-state index contributed by atoms with van der Waals surface area (Å²) in [6.07, 6.45) is 0. The Bertz CT molecular complexity index is 568. The van der Waals surface area contributed by atoms with Crippen molar-refractivity contribution in [3.63, 3.8) is 0 Å². The number of hydrogen-bond acceptors (Lipinski definition) is 2. The van der Waals surface area contributed by atoms with Gasteiger partial charge in [-0.2, -0.15) is 0 Å². The Morgan fingerprint density at radius 1 is 1.18 bits per heavy atom. The van der Waals surface area contributed by atoms with Crippen molar-refractivity contribution in [3.05, 3.63) is 36.4 Å². The van der Waals surface area contributed by atoms with E-state index in [9.17, 15) is 4.79 Å². The van der Waals surface area contributed by atoms with Crippen LogP contribution < -0.4 is 9.64 Å². The van der Waals surface area contributed by atoms with Crippen molar-refractivity contribution in [1.82, 2.24) is 0 Å². The first kappa shape index (κ1) is 11.9. The van der Waals surface area contributed by atoms with Gasteiger partial charge < -0.3 is 9.64 Å². The number of ether oxygens (including phenoxy) is 1. The molecule has 17 heavy (non-hydrogen) atoms. The molecule has 0 saturated heterocycles. The van der Waals surface area contributed by atoms with Crippen LogP contribution in [-0.4, -0.2) is 19.0 Å². The Morgan fingerprint density at radius 2 is 1.82 bits per heavy atom. The number of nitrogens with zero attached hydrogens (tertiary/aromatic N) is 1. The van der Waals surface area contributed by atoms with Gasteiger partial charge in [-0.05, 0) is 35.0 Å². The molecule has 88 valence electrons. The molecule has 0 radical (unpaired) electrons. The number of amides is 1. The van der Waals surface area contributed by atoms with E-state index in [2.05, 4.69) is 15.9 Å². The van der Waals surface area contributed by atoms with Gasteiger partial charge in [0.1, 0.15) is 5.75 Å². The van der Waals surface area contributed by atoms with Crippen molar-refractivity contribution >= 4 is 37.2 Å². The second-order valence-electron chi connectivity index (χ2n) is 3.71. The van der Waals surface area contributed by atoms with Crippen LogP contribution in [0, 0.1) is 0 Å². The van der Waals surface area contributed by atoms with Crippen LogP contribution in [0.2, 0.25) is 0 Å². The average Bonchev–Trinajstić information content (AvgIpc) is 2.36. The number of fused-ring (bicyclic) bond motifs is 1. The van der Waals surface area contributed by atoms with Crippen LogP contribution in [0.4, 0.5) is 10.5 Å². The predicted octanol–water partition coefficient (Wildman–Crippen LogP) is 3.80. The third-order valence-corrected chi connectivity index (χ3v) is 3.21. The van der Waals surface area contributed by atoms with E-state index < -0.39 is 0 Å². The molecule has 0 fully saturated rings. The lowest BCUT2D eigenvalue weighted by molar-refractivity contribution is 0.267. The van der Waals surface area contributed by atoms with Gasteiger partial charge in [0.05, 0.1) is 7.11 Å². The Kier molecular flexibility index (Phi) is 3.33. The molecule has 0 aliphatic rings. The second kappa shape index (κ2) is 4.75. The molecule has 0 bridgehead atoms. The summed E-state index contributed by atoms with van der Waals surface area (Å²) in [6.45, 7) is 0. The van der Waals surface area contributed by atoms with E-state index in [-0.39, 0.29) is 4.82 Å². The molecule has 4 heteroatoms. The van der Waals surface area contributed by atoms with Crippen LogP contribution in [0.15, 0.2) is 36.4 Å². The summed E-state index contributed by atoms with van der Waals surface area (Å²) >= 11 is 2.93. The van der Waals surface area contributed by atoms with Gasteiger partial charge in [-0.25, -0.2) is 0 Å². The van der Waals surface area contributed by atoms with Crippen LogP contribution in [0.25, 0.3) is 10.8 Å². The molecule has 0 atom stereocenters. The SMILES string of the molecule is COc1ccc2cc(N(C)C(=O)Br)ccc2c1. The van der Waals surface area contributed by atoms with Crippen LogP contribution >= 0.6 is 15.9 Å². The topological polar surface area (TPSA) is 29.5 Å². The summed E-state index contributed by atoms with van der Waals surface area (Å²) < 4.78 is 5.17. The zero-order valence-corrected chi connectivity index (χ0v) is 11.2. The minimum Gasteiger partial charge on any atom is -0.497 e. The monoisotopic (exact) mass is 293 g/mol. The van der Waals surface area contributed by atoms with Crippen molar-refractivity contribution in [3.8, 4) is 5.75 Å². The number of methoxy groups -OCH3 is 1. The first-order chi connectivity index (χ1) is 8.11. The Hall–Kier alpha value is -1.55. The summed E-state index contributed by atoms with van der Waals surface area (Å²) in [6, 6.07) is 11.7. The van der Waals surface area contributed by atoms with Gasteiger partial charge in [-0.15, -0.1) is 0 Å². The number of carbonyl (C=O) groups is 1. The molecule has 0 saturated carbocycles. The van der Waals surface area contributed by atoms with Crippen LogP contribution in [-0.2, 0) is 0 Å². The fourth-order valence-electron chi connectivity index (χ4n) is 1.65. The van der Waals surface area contributed by atoms with Gasteiger partial charge >= 0.3 is 0 Å². The molecule has 3 nitrogen and oxygen atoms in total. The standard InChI is InChI=1S/C13H12BrNO2/c1-15(13(14)16)11-5-3-10-8-12(17-2)6-4-9(10)7-11/h3-8H,1-2H3. The molecule has 0 aromatic heterocycles. The van der Waals surface area contributed by atoms with Crippen molar-refractivity contribution in [2.24, 2.45) is 0 Å². The molecule has 2 aromatic carbocycles. The van der Waals surface area contributed by atoms with E-state index in [4.69, 9.17) is 4.74 Å². The molecule has 0 aliphatic heterocycles. The number of halogens is 1. The molecule has 2 aromatic rings. The molecular formula is C13H12BrNO2. The van der Waals surface area contributed by atoms with Gasteiger partial charge in [-0.3, -0.25) is 4.79 Å². The highest BCUT2D eigenvalue weighted by molar-refractivity contribution is 9.18. The third-order valence-electron chi connectivity index (χ3n) is 2.68. The van der Waals surface area contributed by atoms with Crippen molar-refractivity contribution in [1.29, 1.82) is 0 Å². The zero-order chi connectivity index (χ0) is 12.4. The average molecular weight is 294 g/mol.